The van der Waals surface area contributed by atoms with Crippen LogP contribution in [0.25, 0.3) is 10.4 Å². The number of hydrogen-bond donors (Lipinski definition) is 0. The van der Waals surface area contributed by atoms with Gasteiger partial charge in [0.15, 0.2) is 0 Å². The van der Waals surface area contributed by atoms with E-state index in [0.29, 0.717) is 31.6 Å². The molecule has 0 bridgehead atoms. The summed E-state index contributed by atoms with van der Waals surface area (Å²) in [6.07, 6.45) is 7.16. The lowest BCUT2D eigenvalue weighted by molar-refractivity contribution is 0.0513. The van der Waals surface area contributed by atoms with Crippen LogP contribution in [0.2, 0.25) is 0 Å². The summed E-state index contributed by atoms with van der Waals surface area (Å²) in [6, 6.07) is 2.40. The van der Waals surface area contributed by atoms with Crippen LogP contribution in [0.4, 0.5) is 4.79 Å². The van der Waals surface area contributed by atoms with Crippen molar-refractivity contribution in [1.29, 1.82) is 0 Å². The first-order chi connectivity index (χ1) is 18.2. The van der Waals surface area contributed by atoms with Crippen LogP contribution >= 0.6 is 0 Å². The third-order valence-corrected chi connectivity index (χ3v) is 7.65. The number of azide groups is 1. The Labute approximate surface area is 222 Å². The first kappa shape index (κ1) is 26.3. The molecule has 1 saturated carbocycles. The number of fused-ring (bicyclic) bond motifs is 1. The maximum atomic E-state index is 14.1. The van der Waals surface area contributed by atoms with E-state index in [1.54, 1.807) is 6.20 Å². The first-order valence-electron chi connectivity index (χ1n) is 13.6. The Morgan fingerprint density at radius 1 is 1.21 bits per heavy atom. The molecule has 11 heteroatoms. The molecule has 38 heavy (non-hydrogen) atoms. The molecule has 3 aliphatic rings. The van der Waals surface area contributed by atoms with E-state index in [0.717, 1.165) is 54.7 Å². The van der Waals surface area contributed by atoms with Crippen molar-refractivity contribution < 1.29 is 19.1 Å². The average Bonchev–Trinajstić information content (AvgIpc) is 3.51. The standard InChI is InChI=1S/C27H37N7O4/c1-17-23(14-22(15-29-31-28)33(17)20-9-11-37-12-10-20)25(35)34(19-5-6-19)21-7-8-24-18(13-21)16-32(30-24)26(36)38-27(2,3)4/h14,16,19-21H,5-13,15H2,1-4H3. The topological polar surface area (TPSA) is 127 Å². The third-order valence-electron chi connectivity index (χ3n) is 7.65. The highest BCUT2D eigenvalue weighted by Gasteiger charge is 2.41. The Morgan fingerprint density at radius 2 is 1.95 bits per heavy atom. The Morgan fingerprint density at radius 3 is 2.61 bits per heavy atom. The number of carbonyl (C=O) groups is 2. The van der Waals surface area contributed by atoms with Crippen LogP contribution in [-0.2, 0) is 28.9 Å². The van der Waals surface area contributed by atoms with Crippen LogP contribution in [0.1, 0.15) is 91.9 Å². The Bertz CT molecular complexity index is 1260. The summed E-state index contributed by atoms with van der Waals surface area (Å²) in [5.74, 6) is 0.0333. The zero-order chi connectivity index (χ0) is 27.0. The van der Waals surface area contributed by atoms with Gasteiger partial charge in [0, 0.05) is 53.8 Å². The SMILES string of the molecule is Cc1c(C(=O)N(C2CC2)C2CCc3nn(C(=O)OC(C)(C)C)cc3C2)cc(CN=[N+]=[N-])n1C1CCOCC1. The zero-order valence-corrected chi connectivity index (χ0v) is 22.7. The van der Waals surface area contributed by atoms with E-state index in [4.69, 9.17) is 15.0 Å². The van der Waals surface area contributed by atoms with Crippen molar-refractivity contribution in [2.45, 2.75) is 103 Å². The van der Waals surface area contributed by atoms with Gasteiger partial charge in [-0.2, -0.15) is 9.78 Å². The average molecular weight is 524 g/mol. The maximum absolute atomic E-state index is 14.1. The molecular formula is C27H37N7O4. The zero-order valence-electron chi connectivity index (χ0n) is 22.7. The molecule has 2 fully saturated rings. The number of rotatable bonds is 6. The molecule has 2 aromatic rings. The normalized spacial score (nSPS) is 19.9. The highest BCUT2D eigenvalue weighted by atomic mass is 16.6. The van der Waals surface area contributed by atoms with Gasteiger partial charge in [-0.05, 0) is 89.8 Å². The molecule has 3 heterocycles. The van der Waals surface area contributed by atoms with Crippen molar-refractivity contribution in [2.24, 2.45) is 5.11 Å². The van der Waals surface area contributed by atoms with Crippen LogP contribution in [0.15, 0.2) is 17.4 Å². The van der Waals surface area contributed by atoms with Crippen molar-refractivity contribution in [1.82, 2.24) is 19.2 Å². The van der Waals surface area contributed by atoms with E-state index in [2.05, 4.69) is 24.6 Å². The summed E-state index contributed by atoms with van der Waals surface area (Å²) in [5, 5.41) is 8.30. The molecule has 1 atom stereocenters. The molecule has 0 spiro atoms. The van der Waals surface area contributed by atoms with E-state index in [1.807, 2.05) is 33.8 Å². The van der Waals surface area contributed by atoms with E-state index in [9.17, 15) is 9.59 Å². The number of aryl methyl sites for hydroxylation is 1. The fourth-order valence-electron chi connectivity index (χ4n) is 5.83. The third kappa shape index (κ3) is 5.44. The van der Waals surface area contributed by atoms with Gasteiger partial charge in [0.2, 0.25) is 0 Å². The quantitative estimate of drug-likeness (QED) is 0.296. The minimum atomic E-state index is -0.600. The highest BCUT2D eigenvalue weighted by Crippen LogP contribution is 2.37. The van der Waals surface area contributed by atoms with Gasteiger partial charge in [0.25, 0.3) is 5.91 Å². The molecule has 1 saturated heterocycles. The fourth-order valence-corrected chi connectivity index (χ4v) is 5.83. The van der Waals surface area contributed by atoms with Gasteiger partial charge in [-0.15, -0.1) is 0 Å². The van der Waals surface area contributed by atoms with Crippen molar-refractivity contribution in [2.75, 3.05) is 13.2 Å². The molecule has 1 aliphatic heterocycles. The summed E-state index contributed by atoms with van der Waals surface area (Å²) < 4.78 is 14.5. The Balaban J connectivity index is 1.40. The molecule has 11 nitrogen and oxygen atoms in total. The van der Waals surface area contributed by atoms with Crippen LogP contribution in [-0.4, -0.2) is 62.1 Å². The first-order valence-corrected chi connectivity index (χ1v) is 13.6. The van der Waals surface area contributed by atoms with Crippen molar-refractivity contribution >= 4 is 12.0 Å². The van der Waals surface area contributed by atoms with E-state index in [-0.39, 0.29) is 30.6 Å². The van der Waals surface area contributed by atoms with Crippen molar-refractivity contribution in [3.05, 3.63) is 50.9 Å². The number of nitrogens with zero attached hydrogens (tertiary/aromatic N) is 7. The van der Waals surface area contributed by atoms with Crippen LogP contribution in [0, 0.1) is 6.92 Å². The molecule has 5 rings (SSSR count). The summed E-state index contributed by atoms with van der Waals surface area (Å²) in [4.78, 5) is 31.7. The summed E-state index contributed by atoms with van der Waals surface area (Å²) in [5.41, 5.74) is 12.7. The number of hydrogen-bond acceptors (Lipinski definition) is 6. The van der Waals surface area contributed by atoms with Gasteiger partial charge < -0.3 is 18.9 Å². The predicted octanol–water partition coefficient (Wildman–Crippen LogP) is 5.10. The molecule has 0 radical (unpaired) electrons. The van der Waals surface area contributed by atoms with Gasteiger partial charge in [-0.25, -0.2) is 4.79 Å². The van der Waals surface area contributed by atoms with E-state index in [1.165, 1.54) is 4.68 Å². The summed E-state index contributed by atoms with van der Waals surface area (Å²) in [6.45, 7) is 9.07. The Kier molecular flexibility index (Phi) is 7.24. The molecule has 1 unspecified atom stereocenters. The van der Waals surface area contributed by atoms with Gasteiger partial charge in [-0.3, -0.25) is 4.79 Å². The predicted molar refractivity (Wildman–Crippen MR) is 140 cm³/mol. The monoisotopic (exact) mass is 523 g/mol. The maximum Gasteiger partial charge on any atom is 0.435 e. The Hall–Kier alpha value is -3.30. The molecule has 1 amide bonds. The molecular weight excluding hydrogens is 486 g/mol. The van der Waals surface area contributed by atoms with Crippen LogP contribution in [0.5, 0.6) is 0 Å². The minimum Gasteiger partial charge on any atom is -0.442 e. The number of aromatic nitrogens is 3. The minimum absolute atomic E-state index is 0.0326. The molecule has 2 aromatic heterocycles. The molecule has 204 valence electrons. The summed E-state index contributed by atoms with van der Waals surface area (Å²) >= 11 is 0. The second kappa shape index (κ2) is 10.5. The largest absolute Gasteiger partial charge is 0.442 e. The van der Waals surface area contributed by atoms with Gasteiger partial charge in [0.1, 0.15) is 5.60 Å². The van der Waals surface area contributed by atoms with Crippen molar-refractivity contribution in [3.8, 4) is 0 Å². The number of carbonyl (C=O) groups excluding carboxylic acids is 2. The fraction of sp³-hybridized carbons (Fsp3) is 0.667. The van der Waals surface area contributed by atoms with Crippen LogP contribution < -0.4 is 0 Å². The second-order valence-corrected chi connectivity index (χ2v) is 11.6. The van der Waals surface area contributed by atoms with Crippen molar-refractivity contribution in [3.63, 3.8) is 0 Å². The number of amides is 1. The van der Waals surface area contributed by atoms with Gasteiger partial charge in [-0.1, -0.05) is 5.11 Å². The lowest BCUT2D eigenvalue weighted by atomic mass is 9.91. The lowest BCUT2D eigenvalue weighted by Gasteiger charge is -2.34. The molecule has 0 aromatic carbocycles. The highest BCUT2D eigenvalue weighted by molar-refractivity contribution is 5.96. The lowest BCUT2D eigenvalue weighted by Crippen LogP contribution is -2.45. The number of ether oxygens (including phenoxy) is 2. The van der Waals surface area contributed by atoms with E-state index < -0.39 is 11.7 Å². The van der Waals surface area contributed by atoms with Gasteiger partial charge in [0.05, 0.1) is 17.8 Å². The smallest absolute Gasteiger partial charge is 0.435 e. The van der Waals surface area contributed by atoms with Gasteiger partial charge >= 0.3 is 6.09 Å². The summed E-state index contributed by atoms with van der Waals surface area (Å²) in [7, 11) is 0. The van der Waals surface area contributed by atoms with E-state index >= 15 is 0 Å². The van der Waals surface area contributed by atoms with Crippen LogP contribution in [0.3, 0.4) is 0 Å². The molecule has 0 N–H and O–H groups in total. The molecule has 2 aliphatic carbocycles. The second-order valence-electron chi connectivity index (χ2n) is 11.6.